The fourth-order valence-corrected chi connectivity index (χ4v) is 2.05. The van der Waals surface area contributed by atoms with Gasteiger partial charge in [0.05, 0.1) is 0 Å². The van der Waals surface area contributed by atoms with E-state index in [0.717, 1.165) is 38.8 Å². The third-order valence-corrected chi connectivity index (χ3v) is 3.32. The van der Waals surface area contributed by atoms with E-state index in [2.05, 4.69) is 22.3 Å². The molecule has 0 radical (unpaired) electrons. The van der Waals surface area contributed by atoms with Crippen molar-refractivity contribution in [2.24, 2.45) is 5.73 Å². The molecule has 6 heteroatoms. The normalized spacial score (nSPS) is 9.36. The first-order valence-electron chi connectivity index (χ1n) is 7.47. The topological polar surface area (TPSA) is 58.4 Å². The molecule has 0 aliphatic heterocycles. The average molecular weight is 350 g/mol. The Labute approximate surface area is 146 Å². The number of carbonyl (C=O) groups is 1. The Hall–Kier alpha value is -0.970. The van der Waals surface area contributed by atoms with Crippen molar-refractivity contribution in [2.75, 3.05) is 31.6 Å². The lowest BCUT2D eigenvalue weighted by Crippen LogP contribution is -2.32. The van der Waals surface area contributed by atoms with Crippen molar-refractivity contribution in [3.8, 4) is 0 Å². The van der Waals surface area contributed by atoms with E-state index in [1.165, 1.54) is 5.69 Å². The highest BCUT2D eigenvalue weighted by atomic mass is 35.5. The van der Waals surface area contributed by atoms with Crippen LogP contribution < -0.4 is 16.0 Å². The molecule has 1 amide bonds. The van der Waals surface area contributed by atoms with Crippen LogP contribution >= 0.6 is 24.8 Å². The Morgan fingerprint density at radius 1 is 1.09 bits per heavy atom. The van der Waals surface area contributed by atoms with Crippen molar-refractivity contribution in [1.29, 1.82) is 0 Å². The minimum Gasteiger partial charge on any atom is -0.373 e. The van der Waals surface area contributed by atoms with Crippen LogP contribution in [-0.4, -0.2) is 32.6 Å². The molecule has 0 saturated carbocycles. The summed E-state index contributed by atoms with van der Waals surface area (Å²) in [7, 11) is 2.04. The second kappa shape index (κ2) is 14.9. The smallest absolute Gasteiger partial charge is 0.220 e. The van der Waals surface area contributed by atoms with Crippen molar-refractivity contribution in [2.45, 2.75) is 32.1 Å². The Kier molecular flexibility index (Phi) is 15.8. The monoisotopic (exact) mass is 349 g/mol. The van der Waals surface area contributed by atoms with E-state index in [4.69, 9.17) is 5.73 Å². The predicted molar refractivity (Wildman–Crippen MR) is 99.4 cm³/mol. The first kappa shape index (κ1) is 23.3. The van der Waals surface area contributed by atoms with E-state index in [1.54, 1.807) is 0 Å². The van der Waals surface area contributed by atoms with Crippen molar-refractivity contribution in [3.63, 3.8) is 0 Å². The zero-order valence-electron chi connectivity index (χ0n) is 13.3. The standard InChI is InChI=1S/C16H27N3O.2ClH/c1-19(15-9-5-4-6-10-15)14-13-18-16(20)11-7-2-3-8-12-17;;/h4-6,9-10H,2-3,7-8,11-14,17H2,1H3,(H,18,20);2*1H. The summed E-state index contributed by atoms with van der Waals surface area (Å²) in [5.74, 6) is 0.152. The van der Waals surface area contributed by atoms with Gasteiger partial charge in [-0.3, -0.25) is 4.79 Å². The summed E-state index contributed by atoms with van der Waals surface area (Å²) in [6, 6.07) is 10.2. The van der Waals surface area contributed by atoms with E-state index in [0.29, 0.717) is 13.0 Å². The van der Waals surface area contributed by atoms with E-state index in [-0.39, 0.29) is 30.7 Å². The number of nitrogens with zero attached hydrogens (tertiary/aromatic N) is 1. The number of rotatable bonds is 10. The van der Waals surface area contributed by atoms with Crippen molar-refractivity contribution in [3.05, 3.63) is 30.3 Å². The third-order valence-electron chi connectivity index (χ3n) is 3.32. The highest BCUT2D eigenvalue weighted by Gasteiger charge is 2.02. The molecule has 3 N–H and O–H groups in total. The maximum absolute atomic E-state index is 11.6. The summed E-state index contributed by atoms with van der Waals surface area (Å²) >= 11 is 0. The van der Waals surface area contributed by atoms with Gasteiger partial charge >= 0.3 is 0 Å². The van der Waals surface area contributed by atoms with Crippen LogP contribution in [-0.2, 0) is 4.79 Å². The maximum atomic E-state index is 11.6. The SMILES string of the molecule is CN(CCNC(=O)CCCCCCN)c1ccccc1.Cl.Cl. The second-order valence-corrected chi connectivity index (χ2v) is 5.06. The average Bonchev–Trinajstić information content (AvgIpc) is 2.48. The molecule has 4 nitrogen and oxygen atoms in total. The molecule has 0 aliphatic carbocycles. The third kappa shape index (κ3) is 10.7. The van der Waals surface area contributed by atoms with E-state index < -0.39 is 0 Å². The van der Waals surface area contributed by atoms with Gasteiger partial charge in [0.15, 0.2) is 0 Å². The largest absolute Gasteiger partial charge is 0.373 e. The molecule has 0 aliphatic rings. The van der Waals surface area contributed by atoms with Crippen LogP contribution in [0.5, 0.6) is 0 Å². The summed E-state index contributed by atoms with van der Waals surface area (Å²) in [5, 5.41) is 2.97. The maximum Gasteiger partial charge on any atom is 0.220 e. The summed E-state index contributed by atoms with van der Waals surface area (Å²) in [4.78, 5) is 13.8. The molecule has 128 valence electrons. The minimum absolute atomic E-state index is 0. The molecule has 1 rings (SSSR count). The fourth-order valence-electron chi connectivity index (χ4n) is 2.05. The van der Waals surface area contributed by atoms with Crippen LogP contribution in [0.1, 0.15) is 32.1 Å². The van der Waals surface area contributed by atoms with Gasteiger partial charge in [-0.1, -0.05) is 31.0 Å². The van der Waals surface area contributed by atoms with E-state index >= 15 is 0 Å². The molecule has 0 unspecified atom stereocenters. The molecule has 0 atom stereocenters. The number of nitrogens with one attached hydrogen (secondary N) is 1. The highest BCUT2D eigenvalue weighted by molar-refractivity contribution is 5.85. The molecule has 0 aromatic heterocycles. The molecule has 1 aromatic carbocycles. The molecule has 22 heavy (non-hydrogen) atoms. The first-order valence-corrected chi connectivity index (χ1v) is 7.47. The van der Waals surface area contributed by atoms with Gasteiger partial charge in [0.25, 0.3) is 0 Å². The van der Waals surface area contributed by atoms with E-state index in [9.17, 15) is 4.79 Å². The van der Waals surface area contributed by atoms with Crippen LogP contribution in [0.25, 0.3) is 0 Å². The number of benzene rings is 1. The van der Waals surface area contributed by atoms with Gasteiger partial charge in [-0.05, 0) is 31.5 Å². The Balaban J connectivity index is 0. The Morgan fingerprint density at radius 2 is 1.73 bits per heavy atom. The fraction of sp³-hybridized carbons (Fsp3) is 0.562. The van der Waals surface area contributed by atoms with E-state index in [1.807, 2.05) is 25.2 Å². The number of hydrogen-bond acceptors (Lipinski definition) is 3. The Morgan fingerprint density at radius 3 is 2.36 bits per heavy atom. The summed E-state index contributed by atoms with van der Waals surface area (Å²) in [6.45, 7) is 2.26. The summed E-state index contributed by atoms with van der Waals surface area (Å²) in [5.41, 5.74) is 6.60. The van der Waals surface area contributed by atoms with Crippen molar-refractivity contribution < 1.29 is 4.79 Å². The number of para-hydroxylation sites is 1. The van der Waals surface area contributed by atoms with Crippen LogP contribution in [0.3, 0.4) is 0 Å². The van der Waals surface area contributed by atoms with Gasteiger partial charge in [0.2, 0.25) is 5.91 Å². The lowest BCUT2D eigenvalue weighted by molar-refractivity contribution is -0.121. The van der Waals surface area contributed by atoms with Crippen molar-refractivity contribution >= 4 is 36.4 Å². The number of halogens is 2. The van der Waals surface area contributed by atoms with Crippen LogP contribution in [0.4, 0.5) is 5.69 Å². The number of nitrogens with two attached hydrogens (primary N) is 1. The molecule has 0 bridgehead atoms. The number of unbranched alkanes of at least 4 members (excludes halogenated alkanes) is 3. The van der Waals surface area contributed by atoms with Gasteiger partial charge in [-0.2, -0.15) is 0 Å². The molecule has 0 heterocycles. The number of anilines is 1. The first-order chi connectivity index (χ1) is 9.74. The van der Waals surface area contributed by atoms with Gasteiger partial charge in [0.1, 0.15) is 0 Å². The van der Waals surface area contributed by atoms with Crippen LogP contribution in [0.15, 0.2) is 30.3 Å². The number of carbonyl (C=O) groups excluding carboxylic acids is 1. The molecule has 0 spiro atoms. The summed E-state index contributed by atoms with van der Waals surface area (Å²) in [6.07, 6.45) is 4.86. The lowest BCUT2D eigenvalue weighted by Gasteiger charge is -2.19. The van der Waals surface area contributed by atoms with Gasteiger partial charge in [0, 0.05) is 32.2 Å². The number of likely N-dealkylation sites (N-methyl/N-ethyl adjacent to an activating group) is 1. The zero-order chi connectivity index (χ0) is 14.6. The molecular weight excluding hydrogens is 321 g/mol. The molecular formula is C16H29Cl2N3O. The lowest BCUT2D eigenvalue weighted by atomic mass is 10.1. The van der Waals surface area contributed by atoms with Crippen molar-refractivity contribution in [1.82, 2.24) is 5.32 Å². The van der Waals surface area contributed by atoms with Gasteiger partial charge in [-0.15, -0.1) is 24.8 Å². The Bertz CT molecular complexity index is 377. The molecule has 1 aromatic rings. The quantitative estimate of drug-likeness (QED) is 0.638. The van der Waals surface area contributed by atoms with Crippen LogP contribution in [0.2, 0.25) is 0 Å². The number of amides is 1. The zero-order valence-corrected chi connectivity index (χ0v) is 14.9. The molecule has 0 saturated heterocycles. The van der Waals surface area contributed by atoms with Crippen LogP contribution in [0, 0.1) is 0 Å². The van der Waals surface area contributed by atoms with Gasteiger partial charge < -0.3 is 16.0 Å². The highest BCUT2D eigenvalue weighted by Crippen LogP contribution is 2.09. The number of hydrogen-bond donors (Lipinski definition) is 2. The van der Waals surface area contributed by atoms with Gasteiger partial charge in [-0.25, -0.2) is 0 Å². The predicted octanol–water partition coefficient (Wildman–Crippen LogP) is 2.99. The second-order valence-electron chi connectivity index (χ2n) is 5.06. The molecule has 0 fully saturated rings. The minimum atomic E-state index is 0. The summed E-state index contributed by atoms with van der Waals surface area (Å²) < 4.78 is 0.